The highest BCUT2D eigenvalue weighted by molar-refractivity contribution is 5.03. The van der Waals surface area contributed by atoms with Gasteiger partial charge in [0.2, 0.25) is 5.89 Å². The molecule has 2 N–H and O–H groups in total. The molecule has 0 spiro atoms. The molecule has 0 radical (unpaired) electrons. The van der Waals surface area contributed by atoms with Crippen molar-refractivity contribution in [1.82, 2.24) is 15.5 Å². The van der Waals surface area contributed by atoms with Gasteiger partial charge in [-0.2, -0.15) is 4.98 Å². The Hall–Kier alpha value is -0.940. The van der Waals surface area contributed by atoms with Gasteiger partial charge in [0.15, 0.2) is 5.82 Å². The molecule has 5 heteroatoms. The highest BCUT2D eigenvalue weighted by Gasteiger charge is 2.42. The molecule has 1 aliphatic heterocycles. The summed E-state index contributed by atoms with van der Waals surface area (Å²) in [5.74, 6) is 2.78. The van der Waals surface area contributed by atoms with Gasteiger partial charge in [-0.1, -0.05) is 11.6 Å². The molecule has 0 amide bonds. The van der Waals surface area contributed by atoms with Crippen molar-refractivity contribution < 1.29 is 9.63 Å². The van der Waals surface area contributed by atoms with Gasteiger partial charge in [0.1, 0.15) is 0 Å². The molecule has 1 saturated carbocycles. The number of aliphatic hydroxyl groups is 1. The monoisotopic (exact) mass is 223 g/mol. The van der Waals surface area contributed by atoms with Crippen molar-refractivity contribution in [3.8, 4) is 0 Å². The first-order valence-corrected chi connectivity index (χ1v) is 6.05. The maximum absolute atomic E-state index is 8.81. The van der Waals surface area contributed by atoms with Crippen LogP contribution in [0, 0.1) is 11.8 Å². The van der Waals surface area contributed by atoms with Crippen LogP contribution < -0.4 is 5.32 Å². The molecule has 1 aromatic heterocycles. The number of aromatic nitrogens is 2. The third-order valence-corrected chi connectivity index (χ3v) is 3.83. The summed E-state index contributed by atoms with van der Waals surface area (Å²) in [5, 5.41) is 16.2. The summed E-state index contributed by atoms with van der Waals surface area (Å²) in [5.41, 5.74) is 0. The fourth-order valence-electron chi connectivity index (χ4n) is 3.05. The Bertz CT molecular complexity index is 366. The highest BCUT2D eigenvalue weighted by atomic mass is 16.5. The van der Waals surface area contributed by atoms with E-state index in [1.54, 1.807) is 0 Å². The van der Waals surface area contributed by atoms with Crippen molar-refractivity contribution in [2.24, 2.45) is 11.8 Å². The second kappa shape index (κ2) is 4.14. The van der Waals surface area contributed by atoms with E-state index >= 15 is 0 Å². The number of hydrogen-bond acceptors (Lipinski definition) is 5. The molecule has 0 aromatic carbocycles. The zero-order valence-electron chi connectivity index (χ0n) is 9.22. The van der Waals surface area contributed by atoms with Crippen LogP contribution in [0.2, 0.25) is 0 Å². The van der Waals surface area contributed by atoms with Gasteiger partial charge in [-0.3, -0.25) is 0 Å². The number of nitrogens with one attached hydrogen (secondary N) is 1. The Kier molecular flexibility index (Phi) is 2.65. The normalized spacial score (nSPS) is 33.2. The standard InChI is InChI=1S/C11H17N3O2/c15-5-4-9-13-11(16-14-9)10-8-3-1-2-7(8)6-12-10/h7-8,10,12,15H,1-6H2. The molecule has 3 rings (SSSR count). The minimum atomic E-state index is 0.0725. The molecule has 1 aliphatic carbocycles. The van der Waals surface area contributed by atoms with E-state index in [4.69, 9.17) is 9.63 Å². The maximum atomic E-state index is 8.81. The minimum absolute atomic E-state index is 0.0725. The molecule has 2 aliphatic rings. The lowest BCUT2D eigenvalue weighted by Gasteiger charge is -2.13. The lowest BCUT2D eigenvalue weighted by molar-refractivity contribution is 0.287. The first-order chi connectivity index (χ1) is 7.88. The first kappa shape index (κ1) is 10.2. The van der Waals surface area contributed by atoms with Crippen molar-refractivity contribution in [3.05, 3.63) is 11.7 Å². The Labute approximate surface area is 94.2 Å². The number of aliphatic hydroxyl groups excluding tert-OH is 1. The summed E-state index contributed by atoms with van der Waals surface area (Å²) in [4.78, 5) is 4.34. The van der Waals surface area contributed by atoms with Gasteiger partial charge < -0.3 is 14.9 Å². The predicted molar refractivity (Wildman–Crippen MR) is 56.7 cm³/mol. The molecule has 16 heavy (non-hydrogen) atoms. The van der Waals surface area contributed by atoms with Crippen molar-refractivity contribution >= 4 is 0 Å². The van der Waals surface area contributed by atoms with E-state index < -0.39 is 0 Å². The summed E-state index contributed by atoms with van der Waals surface area (Å²) in [6, 6.07) is 0.243. The van der Waals surface area contributed by atoms with Gasteiger partial charge in [-0.25, -0.2) is 0 Å². The summed E-state index contributed by atoms with van der Waals surface area (Å²) in [6.45, 7) is 1.15. The molecule has 1 aromatic rings. The molecule has 3 atom stereocenters. The van der Waals surface area contributed by atoms with Crippen molar-refractivity contribution in [3.63, 3.8) is 0 Å². The minimum Gasteiger partial charge on any atom is -0.396 e. The van der Waals surface area contributed by atoms with E-state index in [1.165, 1.54) is 19.3 Å². The van der Waals surface area contributed by atoms with Gasteiger partial charge in [0.05, 0.1) is 12.6 Å². The lowest BCUT2D eigenvalue weighted by Crippen LogP contribution is -2.18. The summed E-state index contributed by atoms with van der Waals surface area (Å²) < 4.78 is 5.27. The smallest absolute Gasteiger partial charge is 0.244 e. The summed E-state index contributed by atoms with van der Waals surface area (Å²) in [7, 11) is 0. The lowest BCUT2D eigenvalue weighted by atomic mass is 9.94. The van der Waals surface area contributed by atoms with Crippen molar-refractivity contribution in [2.45, 2.75) is 31.7 Å². The van der Waals surface area contributed by atoms with Crippen LogP contribution in [0.15, 0.2) is 4.52 Å². The van der Waals surface area contributed by atoms with Crippen molar-refractivity contribution in [2.75, 3.05) is 13.2 Å². The van der Waals surface area contributed by atoms with Crippen LogP contribution in [0.3, 0.4) is 0 Å². The number of hydrogen-bond donors (Lipinski definition) is 2. The summed E-state index contributed by atoms with van der Waals surface area (Å²) >= 11 is 0. The molecule has 3 unspecified atom stereocenters. The van der Waals surface area contributed by atoms with E-state index in [0.29, 0.717) is 24.1 Å². The second-order valence-electron chi connectivity index (χ2n) is 4.76. The van der Waals surface area contributed by atoms with Crippen molar-refractivity contribution in [1.29, 1.82) is 0 Å². The van der Waals surface area contributed by atoms with Gasteiger partial charge >= 0.3 is 0 Å². The molecule has 0 bridgehead atoms. The van der Waals surface area contributed by atoms with Gasteiger partial charge in [-0.05, 0) is 31.2 Å². The molecule has 1 saturated heterocycles. The first-order valence-electron chi connectivity index (χ1n) is 6.05. The average Bonchev–Trinajstić information content (AvgIpc) is 2.90. The number of fused-ring (bicyclic) bond motifs is 1. The van der Waals surface area contributed by atoms with E-state index in [9.17, 15) is 0 Å². The van der Waals surface area contributed by atoms with Crippen LogP contribution >= 0.6 is 0 Å². The topological polar surface area (TPSA) is 71.2 Å². The fraction of sp³-hybridized carbons (Fsp3) is 0.818. The highest BCUT2D eigenvalue weighted by Crippen LogP contribution is 2.43. The largest absolute Gasteiger partial charge is 0.396 e. The quantitative estimate of drug-likeness (QED) is 0.788. The third-order valence-electron chi connectivity index (χ3n) is 3.83. The molecule has 2 fully saturated rings. The SMILES string of the molecule is OCCc1noc(C2NCC3CCCC32)n1. The van der Waals surface area contributed by atoms with Gasteiger partial charge in [0.25, 0.3) is 0 Å². The van der Waals surface area contributed by atoms with Gasteiger partial charge in [0, 0.05) is 6.42 Å². The molecular formula is C11H17N3O2. The van der Waals surface area contributed by atoms with Crippen LogP contribution in [0.5, 0.6) is 0 Å². The van der Waals surface area contributed by atoms with E-state index in [-0.39, 0.29) is 12.6 Å². The molecule has 2 heterocycles. The zero-order chi connectivity index (χ0) is 11.0. The predicted octanol–water partition coefficient (Wildman–Crippen LogP) is 0.665. The maximum Gasteiger partial charge on any atom is 0.244 e. The van der Waals surface area contributed by atoms with E-state index in [1.807, 2.05) is 0 Å². The second-order valence-corrected chi connectivity index (χ2v) is 4.76. The molecular weight excluding hydrogens is 206 g/mol. The number of nitrogens with zero attached hydrogens (tertiary/aromatic N) is 2. The van der Waals surface area contributed by atoms with E-state index in [0.717, 1.165) is 12.5 Å². The fourth-order valence-corrected chi connectivity index (χ4v) is 3.05. The number of rotatable bonds is 3. The molecule has 5 nitrogen and oxygen atoms in total. The average molecular weight is 223 g/mol. The Morgan fingerprint density at radius 2 is 2.38 bits per heavy atom. The molecule has 88 valence electrons. The Morgan fingerprint density at radius 1 is 1.44 bits per heavy atom. The van der Waals surface area contributed by atoms with Crippen LogP contribution in [0.4, 0.5) is 0 Å². The Balaban J connectivity index is 1.76. The van der Waals surface area contributed by atoms with E-state index in [2.05, 4.69) is 15.5 Å². The Morgan fingerprint density at radius 3 is 3.25 bits per heavy atom. The van der Waals surface area contributed by atoms with Crippen LogP contribution in [0.1, 0.15) is 37.0 Å². The summed E-state index contributed by atoms with van der Waals surface area (Å²) in [6.07, 6.45) is 4.39. The van der Waals surface area contributed by atoms with Crippen LogP contribution in [-0.4, -0.2) is 28.4 Å². The van der Waals surface area contributed by atoms with Gasteiger partial charge in [-0.15, -0.1) is 0 Å². The third kappa shape index (κ3) is 1.64. The van der Waals surface area contributed by atoms with Crippen LogP contribution in [0.25, 0.3) is 0 Å². The van der Waals surface area contributed by atoms with Crippen LogP contribution in [-0.2, 0) is 6.42 Å². The zero-order valence-corrected chi connectivity index (χ0v) is 9.22.